The second kappa shape index (κ2) is 8.80. The molecule has 7 nitrogen and oxygen atoms in total. The Hall–Kier alpha value is -2.41. The molecule has 0 radical (unpaired) electrons. The van der Waals surface area contributed by atoms with Gasteiger partial charge in [-0.15, -0.1) is 10.2 Å². The summed E-state index contributed by atoms with van der Waals surface area (Å²) in [5.74, 6) is 1.81. The molecule has 7 heteroatoms. The van der Waals surface area contributed by atoms with Crippen LogP contribution in [0.2, 0.25) is 0 Å². The first-order valence-corrected chi connectivity index (χ1v) is 9.28. The second-order valence-corrected chi connectivity index (χ2v) is 6.95. The Morgan fingerprint density at radius 3 is 2.85 bits per heavy atom. The van der Waals surface area contributed by atoms with Crippen molar-refractivity contribution in [2.75, 3.05) is 33.2 Å². The molecule has 3 heterocycles. The summed E-state index contributed by atoms with van der Waals surface area (Å²) in [5.41, 5.74) is 2.11. The lowest BCUT2D eigenvalue weighted by Crippen LogP contribution is -2.49. The molecule has 26 heavy (non-hydrogen) atoms. The number of aromatic nitrogens is 3. The van der Waals surface area contributed by atoms with Crippen molar-refractivity contribution in [3.63, 3.8) is 0 Å². The van der Waals surface area contributed by atoms with E-state index in [0.29, 0.717) is 6.04 Å². The first kappa shape index (κ1) is 18.4. The van der Waals surface area contributed by atoms with E-state index < -0.39 is 0 Å². The standard InChI is InChI=1S/C19H29N7/c1-15(2)14-25-12-8-16(9-13-25)22-19(20-3)21-10-7-18-24-23-17-6-4-5-11-26(17)18/h4-6,11,16H,1,7-10,12-14H2,2-3H3,(H2,20,21,22). The molecule has 3 rings (SSSR count). The molecule has 1 saturated heterocycles. The van der Waals surface area contributed by atoms with Crippen molar-refractivity contribution in [2.45, 2.75) is 32.2 Å². The van der Waals surface area contributed by atoms with Gasteiger partial charge in [0.2, 0.25) is 0 Å². The Labute approximate surface area is 155 Å². The van der Waals surface area contributed by atoms with Crippen LogP contribution in [0.1, 0.15) is 25.6 Å². The zero-order chi connectivity index (χ0) is 18.4. The highest BCUT2D eigenvalue weighted by molar-refractivity contribution is 5.79. The fourth-order valence-corrected chi connectivity index (χ4v) is 3.36. The fourth-order valence-electron chi connectivity index (χ4n) is 3.36. The largest absolute Gasteiger partial charge is 0.356 e. The summed E-state index contributed by atoms with van der Waals surface area (Å²) in [6, 6.07) is 6.40. The predicted octanol–water partition coefficient (Wildman–Crippen LogP) is 1.48. The molecule has 0 atom stereocenters. The van der Waals surface area contributed by atoms with Gasteiger partial charge in [-0.05, 0) is 31.9 Å². The molecule has 0 saturated carbocycles. The van der Waals surface area contributed by atoms with Gasteiger partial charge in [0.1, 0.15) is 5.82 Å². The normalized spacial score (nSPS) is 16.8. The highest BCUT2D eigenvalue weighted by Gasteiger charge is 2.19. The van der Waals surface area contributed by atoms with Crippen molar-refractivity contribution in [1.82, 2.24) is 30.1 Å². The number of nitrogens with one attached hydrogen (secondary N) is 2. The van der Waals surface area contributed by atoms with Gasteiger partial charge in [-0.3, -0.25) is 14.3 Å². The molecule has 2 N–H and O–H groups in total. The van der Waals surface area contributed by atoms with Crippen LogP contribution in [0.4, 0.5) is 0 Å². The average Bonchev–Trinajstić information content (AvgIpc) is 3.05. The molecule has 0 bridgehead atoms. The van der Waals surface area contributed by atoms with Gasteiger partial charge < -0.3 is 10.6 Å². The Balaban J connectivity index is 1.43. The Kier molecular flexibility index (Phi) is 6.22. The maximum atomic E-state index is 4.35. The third kappa shape index (κ3) is 4.82. The van der Waals surface area contributed by atoms with Crippen LogP contribution in [0.5, 0.6) is 0 Å². The summed E-state index contributed by atoms with van der Waals surface area (Å²) in [6.07, 6.45) is 5.05. The number of hydrogen-bond donors (Lipinski definition) is 2. The minimum absolute atomic E-state index is 0.469. The van der Waals surface area contributed by atoms with Gasteiger partial charge in [0.15, 0.2) is 11.6 Å². The van der Waals surface area contributed by atoms with E-state index in [1.54, 1.807) is 0 Å². The van der Waals surface area contributed by atoms with Gasteiger partial charge >= 0.3 is 0 Å². The summed E-state index contributed by atoms with van der Waals surface area (Å²) < 4.78 is 2.02. The quantitative estimate of drug-likeness (QED) is 0.467. The minimum Gasteiger partial charge on any atom is -0.356 e. The molecular weight excluding hydrogens is 326 g/mol. The topological polar surface area (TPSA) is 69.8 Å². The first-order valence-electron chi connectivity index (χ1n) is 9.28. The third-order valence-electron chi connectivity index (χ3n) is 4.67. The van der Waals surface area contributed by atoms with Gasteiger partial charge in [-0.2, -0.15) is 0 Å². The molecule has 0 unspecified atom stereocenters. The number of guanidine groups is 1. The number of pyridine rings is 1. The molecular formula is C19H29N7. The van der Waals surface area contributed by atoms with Gasteiger partial charge in [-0.25, -0.2) is 0 Å². The van der Waals surface area contributed by atoms with Crippen LogP contribution in [-0.4, -0.2) is 64.7 Å². The lowest BCUT2D eigenvalue weighted by Gasteiger charge is -2.33. The van der Waals surface area contributed by atoms with Crippen LogP contribution < -0.4 is 10.6 Å². The highest BCUT2D eigenvalue weighted by Crippen LogP contribution is 2.11. The average molecular weight is 355 g/mol. The summed E-state index contributed by atoms with van der Waals surface area (Å²) in [5, 5.41) is 15.4. The van der Waals surface area contributed by atoms with Gasteiger partial charge in [0.25, 0.3) is 0 Å². The number of rotatable bonds is 6. The minimum atomic E-state index is 0.469. The van der Waals surface area contributed by atoms with Crippen molar-refractivity contribution in [3.8, 4) is 0 Å². The molecule has 0 aromatic carbocycles. The zero-order valence-electron chi connectivity index (χ0n) is 15.8. The number of piperidine rings is 1. The van der Waals surface area contributed by atoms with Crippen LogP contribution >= 0.6 is 0 Å². The Bertz CT molecular complexity index is 756. The number of aliphatic imine (C=N–C) groups is 1. The van der Waals surface area contributed by atoms with E-state index in [0.717, 1.165) is 62.9 Å². The Morgan fingerprint density at radius 2 is 2.12 bits per heavy atom. The lowest BCUT2D eigenvalue weighted by atomic mass is 10.0. The van der Waals surface area contributed by atoms with E-state index in [1.165, 1.54) is 5.57 Å². The van der Waals surface area contributed by atoms with Crippen molar-refractivity contribution < 1.29 is 0 Å². The number of fused-ring (bicyclic) bond motifs is 1. The van der Waals surface area contributed by atoms with Crippen LogP contribution in [-0.2, 0) is 6.42 Å². The van der Waals surface area contributed by atoms with E-state index in [1.807, 2.05) is 35.8 Å². The van der Waals surface area contributed by atoms with Crippen molar-refractivity contribution in [2.24, 2.45) is 4.99 Å². The van der Waals surface area contributed by atoms with Crippen LogP contribution in [0.25, 0.3) is 5.65 Å². The maximum absolute atomic E-state index is 4.35. The summed E-state index contributed by atoms with van der Waals surface area (Å²) in [6.45, 7) is 10.1. The molecule has 2 aromatic rings. The molecule has 1 fully saturated rings. The number of hydrogen-bond acceptors (Lipinski definition) is 4. The summed E-state index contributed by atoms with van der Waals surface area (Å²) >= 11 is 0. The third-order valence-corrected chi connectivity index (χ3v) is 4.67. The number of likely N-dealkylation sites (tertiary alicyclic amines) is 1. The zero-order valence-corrected chi connectivity index (χ0v) is 15.8. The Morgan fingerprint density at radius 1 is 1.31 bits per heavy atom. The van der Waals surface area contributed by atoms with Gasteiger partial charge in [0.05, 0.1) is 0 Å². The van der Waals surface area contributed by atoms with E-state index in [4.69, 9.17) is 0 Å². The molecule has 1 aliphatic rings. The predicted molar refractivity (Wildman–Crippen MR) is 105 cm³/mol. The van der Waals surface area contributed by atoms with E-state index in [-0.39, 0.29) is 0 Å². The van der Waals surface area contributed by atoms with Gasteiger partial charge in [0, 0.05) is 51.9 Å². The van der Waals surface area contributed by atoms with E-state index in [2.05, 4.69) is 44.2 Å². The molecule has 0 spiro atoms. The molecule has 0 aliphatic carbocycles. The SMILES string of the molecule is C=C(C)CN1CCC(NC(=NC)NCCc2nnc3ccccn23)CC1. The van der Waals surface area contributed by atoms with Crippen molar-refractivity contribution in [1.29, 1.82) is 0 Å². The van der Waals surface area contributed by atoms with Gasteiger partial charge in [-0.1, -0.05) is 18.2 Å². The smallest absolute Gasteiger partial charge is 0.191 e. The van der Waals surface area contributed by atoms with Crippen molar-refractivity contribution >= 4 is 11.6 Å². The van der Waals surface area contributed by atoms with Crippen LogP contribution in [0.3, 0.4) is 0 Å². The summed E-state index contributed by atoms with van der Waals surface area (Å²) in [7, 11) is 1.82. The second-order valence-electron chi connectivity index (χ2n) is 6.95. The summed E-state index contributed by atoms with van der Waals surface area (Å²) in [4.78, 5) is 6.82. The highest BCUT2D eigenvalue weighted by atomic mass is 15.3. The fraction of sp³-hybridized carbons (Fsp3) is 0.526. The van der Waals surface area contributed by atoms with Crippen molar-refractivity contribution in [3.05, 3.63) is 42.4 Å². The van der Waals surface area contributed by atoms with Crippen LogP contribution in [0, 0.1) is 0 Å². The monoisotopic (exact) mass is 355 g/mol. The first-order chi connectivity index (χ1) is 12.7. The maximum Gasteiger partial charge on any atom is 0.191 e. The lowest BCUT2D eigenvalue weighted by molar-refractivity contribution is 0.221. The van der Waals surface area contributed by atoms with E-state index >= 15 is 0 Å². The molecule has 1 aliphatic heterocycles. The molecule has 0 amide bonds. The molecule has 140 valence electrons. The van der Waals surface area contributed by atoms with Crippen LogP contribution in [0.15, 0.2) is 41.5 Å². The van der Waals surface area contributed by atoms with E-state index in [9.17, 15) is 0 Å². The molecule has 2 aromatic heterocycles. The number of nitrogens with zero attached hydrogens (tertiary/aromatic N) is 5.